The van der Waals surface area contributed by atoms with Crippen molar-refractivity contribution < 1.29 is 22.4 Å². The summed E-state index contributed by atoms with van der Waals surface area (Å²) in [7, 11) is 0. The molecule has 1 aromatic carbocycles. The minimum atomic E-state index is -4.85. The SMILES string of the molecule is CC1CCCN(CCCNC(=O)c2nnn(-c3ccc(F)cc3)c2C(F)(F)F)C1. The molecule has 2 heterocycles. The highest BCUT2D eigenvalue weighted by molar-refractivity contribution is 5.93. The monoisotopic (exact) mass is 413 g/mol. The molecule has 3 rings (SSSR count). The van der Waals surface area contributed by atoms with Gasteiger partial charge in [-0.3, -0.25) is 4.79 Å². The summed E-state index contributed by atoms with van der Waals surface area (Å²) >= 11 is 0. The Morgan fingerprint density at radius 2 is 2.00 bits per heavy atom. The lowest BCUT2D eigenvalue weighted by atomic mass is 10.0. The van der Waals surface area contributed by atoms with Crippen LogP contribution in [0.5, 0.6) is 0 Å². The minimum absolute atomic E-state index is 0.0375. The maximum atomic E-state index is 13.6. The molecule has 158 valence electrons. The average molecular weight is 413 g/mol. The van der Waals surface area contributed by atoms with Crippen LogP contribution in [-0.4, -0.2) is 52.0 Å². The molecule has 29 heavy (non-hydrogen) atoms. The van der Waals surface area contributed by atoms with E-state index in [0.29, 0.717) is 17.0 Å². The molecule has 0 spiro atoms. The van der Waals surface area contributed by atoms with Gasteiger partial charge in [-0.1, -0.05) is 12.1 Å². The summed E-state index contributed by atoms with van der Waals surface area (Å²) in [5.41, 5.74) is -2.12. The molecule has 2 aromatic rings. The second-order valence-electron chi connectivity index (χ2n) is 7.33. The fourth-order valence-corrected chi connectivity index (χ4v) is 3.53. The van der Waals surface area contributed by atoms with Crippen molar-refractivity contribution >= 4 is 5.91 Å². The molecule has 0 radical (unpaired) electrons. The first-order chi connectivity index (χ1) is 13.8. The Hall–Kier alpha value is -2.49. The molecule has 6 nitrogen and oxygen atoms in total. The first kappa shape index (κ1) is 21.2. The lowest BCUT2D eigenvalue weighted by Crippen LogP contribution is -2.36. The fraction of sp³-hybridized carbons (Fsp3) is 0.526. The molecule has 1 unspecified atom stereocenters. The molecule has 1 fully saturated rings. The maximum absolute atomic E-state index is 13.6. The van der Waals surface area contributed by atoms with Gasteiger partial charge in [0.1, 0.15) is 5.82 Å². The number of piperidine rings is 1. The standard InChI is InChI=1S/C19H23F4N5O/c1-13-4-2-10-27(12-13)11-3-9-24-18(29)16-17(19(21,22)23)28(26-25-16)15-7-5-14(20)6-8-15/h5-8,13H,2-4,9-12H2,1H3,(H,24,29). The van der Waals surface area contributed by atoms with Crippen LogP contribution in [0.3, 0.4) is 0 Å². The molecule has 0 aliphatic carbocycles. The van der Waals surface area contributed by atoms with Crippen molar-refractivity contribution in [3.05, 3.63) is 41.5 Å². The second kappa shape index (κ2) is 8.89. The van der Waals surface area contributed by atoms with Crippen LogP contribution in [0, 0.1) is 11.7 Å². The number of carbonyl (C=O) groups is 1. The summed E-state index contributed by atoms with van der Waals surface area (Å²) in [4.78, 5) is 14.6. The van der Waals surface area contributed by atoms with Crippen LogP contribution >= 0.6 is 0 Å². The van der Waals surface area contributed by atoms with Gasteiger partial charge >= 0.3 is 6.18 Å². The van der Waals surface area contributed by atoms with Gasteiger partial charge in [0.05, 0.1) is 5.69 Å². The zero-order valence-corrected chi connectivity index (χ0v) is 16.0. The molecule has 1 aromatic heterocycles. The van der Waals surface area contributed by atoms with Crippen molar-refractivity contribution in [2.75, 3.05) is 26.2 Å². The molecule has 0 bridgehead atoms. The van der Waals surface area contributed by atoms with Crippen molar-refractivity contribution in [1.82, 2.24) is 25.2 Å². The molecule has 10 heteroatoms. The molecule has 1 amide bonds. The molecule has 1 aliphatic heterocycles. The second-order valence-corrected chi connectivity index (χ2v) is 7.33. The number of halogens is 4. The van der Waals surface area contributed by atoms with Crippen LogP contribution in [0.25, 0.3) is 5.69 Å². The Kier molecular flexibility index (Phi) is 6.51. The van der Waals surface area contributed by atoms with Crippen LogP contribution in [0.2, 0.25) is 0 Å². The zero-order chi connectivity index (χ0) is 21.0. The van der Waals surface area contributed by atoms with Gasteiger partial charge in [-0.2, -0.15) is 13.2 Å². The van der Waals surface area contributed by atoms with Gasteiger partial charge in [-0.25, -0.2) is 9.07 Å². The highest BCUT2D eigenvalue weighted by Gasteiger charge is 2.42. The van der Waals surface area contributed by atoms with Crippen LogP contribution in [0.15, 0.2) is 24.3 Å². The number of nitrogens with zero attached hydrogens (tertiary/aromatic N) is 4. The number of amides is 1. The number of nitrogens with one attached hydrogen (secondary N) is 1. The Morgan fingerprint density at radius 3 is 2.66 bits per heavy atom. The van der Waals surface area contributed by atoms with E-state index in [1.807, 2.05) is 0 Å². The van der Waals surface area contributed by atoms with Gasteiger partial charge in [0.15, 0.2) is 11.4 Å². The molecular weight excluding hydrogens is 390 g/mol. The van der Waals surface area contributed by atoms with Gasteiger partial charge in [-0.15, -0.1) is 5.10 Å². The summed E-state index contributed by atoms with van der Waals surface area (Å²) in [6.07, 6.45) is -1.88. The van der Waals surface area contributed by atoms with Crippen molar-refractivity contribution in [3.8, 4) is 5.69 Å². The molecule has 1 saturated heterocycles. The Labute approximate surface area is 165 Å². The van der Waals surface area contributed by atoms with Gasteiger partial charge in [0.25, 0.3) is 5.91 Å². The number of alkyl halides is 3. The first-order valence-electron chi connectivity index (χ1n) is 9.55. The normalized spacial score (nSPS) is 18.0. The molecular formula is C19H23F4N5O. The van der Waals surface area contributed by atoms with E-state index in [4.69, 9.17) is 0 Å². The quantitative estimate of drug-likeness (QED) is 0.583. The largest absolute Gasteiger partial charge is 0.435 e. The fourth-order valence-electron chi connectivity index (χ4n) is 3.53. The van der Waals surface area contributed by atoms with Crippen LogP contribution in [0.4, 0.5) is 17.6 Å². The highest BCUT2D eigenvalue weighted by atomic mass is 19.4. The average Bonchev–Trinajstić information content (AvgIpc) is 3.11. The highest BCUT2D eigenvalue weighted by Crippen LogP contribution is 2.32. The molecule has 1 N–H and O–H groups in total. The van der Waals surface area contributed by atoms with Gasteiger partial charge in [-0.05, 0) is 62.5 Å². The van der Waals surface area contributed by atoms with Crippen LogP contribution < -0.4 is 5.32 Å². The number of likely N-dealkylation sites (tertiary alicyclic amines) is 1. The van der Waals surface area contributed by atoms with E-state index in [0.717, 1.165) is 50.3 Å². The van der Waals surface area contributed by atoms with E-state index in [9.17, 15) is 22.4 Å². The summed E-state index contributed by atoms with van der Waals surface area (Å²) in [6, 6.07) is 4.30. The number of hydrogen-bond acceptors (Lipinski definition) is 4. The number of benzene rings is 1. The van der Waals surface area contributed by atoms with Crippen molar-refractivity contribution in [1.29, 1.82) is 0 Å². The predicted molar refractivity (Wildman–Crippen MR) is 98.1 cm³/mol. The smallest absolute Gasteiger partial charge is 0.351 e. The van der Waals surface area contributed by atoms with E-state index in [1.54, 1.807) is 0 Å². The molecule has 1 atom stereocenters. The summed E-state index contributed by atoms with van der Waals surface area (Å²) in [5, 5.41) is 9.40. The number of carbonyl (C=O) groups excluding carboxylic acids is 1. The number of hydrogen-bond donors (Lipinski definition) is 1. The van der Waals surface area contributed by atoms with E-state index in [-0.39, 0.29) is 12.2 Å². The summed E-state index contributed by atoms with van der Waals surface area (Å²) in [6.45, 7) is 5.21. The van der Waals surface area contributed by atoms with E-state index >= 15 is 0 Å². The van der Waals surface area contributed by atoms with Crippen LogP contribution in [-0.2, 0) is 6.18 Å². The van der Waals surface area contributed by atoms with Gasteiger partial charge in [0, 0.05) is 13.1 Å². The topological polar surface area (TPSA) is 63.1 Å². The summed E-state index contributed by atoms with van der Waals surface area (Å²) < 4.78 is 54.3. The van der Waals surface area contributed by atoms with Crippen molar-refractivity contribution in [2.24, 2.45) is 5.92 Å². The summed E-state index contributed by atoms with van der Waals surface area (Å²) in [5.74, 6) is -0.893. The van der Waals surface area contributed by atoms with E-state index in [1.165, 1.54) is 6.42 Å². The Bertz CT molecular complexity index is 834. The minimum Gasteiger partial charge on any atom is -0.351 e. The Balaban J connectivity index is 1.66. The third-order valence-electron chi connectivity index (χ3n) is 4.90. The van der Waals surface area contributed by atoms with E-state index < -0.39 is 29.3 Å². The third-order valence-corrected chi connectivity index (χ3v) is 4.90. The zero-order valence-electron chi connectivity index (χ0n) is 16.0. The Morgan fingerprint density at radius 1 is 1.28 bits per heavy atom. The van der Waals surface area contributed by atoms with Crippen LogP contribution in [0.1, 0.15) is 42.4 Å². The lowest BCUT2D eigenvalue weighted by Gasteiger charge is -2.30. The predicted octanol–water partition coefficient (Wildman–Crippen LogP) is 3.28. The van der Waals surface area contributed by atoms with Crippen molar-refractivity contribution in [2.45, 2.75) is 32.4 Å². The van der Waals surface area contributed by atoms with Crippen molar-refractivity contribution in [3.63, 3.8) is 0 Å². The maximum Gasteiger partial charge on any atom is 0.435 e. The van der Waals surface area contributed by atoms with E-state index in [2.05, 4.69) is 27.5 Å². The van der Waals surface area contributed by atoms with Gasteiger partial charge in [0.2, 0.25) is 0 Å². The van der Waals surface area contributed by atoms with Gasteiger partial charge < -0.3 is 10.2 Å². The first-order valence-corrected chi connectivity index (χ1v) is 9.55. The molecule has 1 aliphatic rings. The number of rotatable bonds is 6. The molecule has 0 saturated carbocycles. The lowest BCUT2D eigenvalue weighted by molar-refractivity contribution is -0.143. The third kappa shape index (κ3) is 5.31. The number of aromatic nitrogens is 3.